The molecule has 0 aliphatic heterocycles. The second kappa shape index (κ2) is 7.39. The van der Waals surface area contributed by atoms with Crippen LogP contribution in [0.4, 0.5) is 0 Å². The third-order valence-electron chi connectivity index (χ3n) is 4.50. The molecule has 2 aromatic heterocycles. The average molecular weight is 318 g/mol. The first kappa shape index (κ1) is 16.4. The standard InChI is InChI=1S/C22H26N2/c1-4-18-14-19(5-2)16-20(15-18)17-24-12-8-22(9-13-24)21-6-10-23(3)11-7-21/h6-16H,4-5,17H2,1-3H3/q+2. The van der Waals surface area contributed by atoms with E-state index in [1.54, 1.807) is 0 Å². The molecule has 0 spiro atoms. The van der Waals surface area contributed by atoms with E-state index >= 15 is 0 Å². The molecule has 0 fully saturated rings. The van der Waals surface area contributed by atoms with Crippen LogP contribution in [0.3, 0.4) is 0 Å². The molecule has 0 atom stereocenters. The van der Waals surface area contributed by atoms with E-state index in [0.29, 0.717) is 0 Å². The molecule has 0 saturated heterocycles. The van der Waals surface area contributed by atoms with Gasteiger partial charge in [0.05, 0.1) is 0 Å². The second-order valence-corrected chi connectivity index (χ2v) is 6.38. The molecule has 0 aliphatic rings. The second-order valence-electron chi connectivity index (χ2n) is 6.38. The number of benzene rings is 1. The van der Waals surface area contributed by atoms with Crippen molar-refractivity contribution in [1.82, 2.24) is 0 Å². The normalized spacial score (nSPS) is 10.8. The van der Waals surface area contributed by atoms with Crippen LogP contribution in [0.15, 0.2) is 67.3 Å². The Kier molecular flexibility index (Phi) is 5.05. The van der Waals surface area contributed by atoms with E-state index in [2.05, 4.69) is 90.2 Å². The summed E-state index contributed by atoms with van der Waals surface area (Å²) < 4.78 is 4.30. The van der Waals surface area contributed by atoms with Gasteiger partial charge in [0.15, 0.2) is 31.3 Å². The molecule has 24 heavy (non-hydrogen) atoms. The highest BCUT2D eigenvalue weighted by Crippen LogP contribution is 2.16. The number of pyridine rings is 2. The highest BCUT2D eigenvalue weighted by atomic mass is 14.9. The fraction of sp³-hybridized carbons (Fsp3) is 0.273. The van der Waals surface area contributed by atoms with Crippen LogP contribution in [0, 0.1) is 0 Å². The Labute approximate surface area is 145 Å². The zero-order valence-electron chi connectivity index (χ0n) is 14.9. The SMILES string of the molecule is CCc1cc(CC)cc(C[n+]2ccc(-c3cc[n+](C)cc3)cc2)c1. The molecule has 0 unspecified atom stereocenters. The molecule has 122 valence electrons. The molecule has 2 heteroatoms. The summed E-state index contributed by atoms with van der Waals surface area (Å²) >= 11 is 0. The van der Waals surface area contributed by atoms with Crippen molar-refractivity contribution in [3.8, 4) is 11.1 Å². The summed E-state index contributed by atoms with van der Waals surface area (Å²) in [5.41, 5.74) is 6.75. The molecule has 0 N–H and O–H groups in total. The molecule has 0 amide bonds. The van der Waals surface area contributed by atoms with Crippen LogP contribution >= 0.6 is 0 Å². The topological polar surface area (TPSA) is 7.76 Å². The van der Waals surface area contributed by atoms with Crippen LogP contribution in [0.1, 0.15) is 30.5 Å². The molecule has 0 bridgehead atoms. The van der Waals surface area contributed by atoms with Crippen molar-refractivity contribution in [2.24, 2.45) is 7.05 Å². The summed E-state index contributed by atoms with van der Waals surface area (Å²) in [6, 6.07) is 15.7. The highest BCUT2D eigenvalue weighted by Gasteiger charge is 2.07. The van der Waals surface area contributed by atoms with Crippen molar-refractivity contribution in [2.75, 3.05) is 0 Å². The van der Waals surface area contributed by atoms with E-state index < -0.39 is 0 Å². The third kappa shape index (κ3) is 3.88. The number of aromatic nitrogens is 2. The van der Waals surface area contributed by atoms with E-state index in [9.17, 15) is 0 Å². The summed E-state index contributed by atoms with van der Waals surface area (Å²) in [7, 11) is 2.04. The lowest BCUT2D eigenvalue weighted by molar-refractivity contribution is -0.688. The Morgan fingerprint density at radius 3 is 1.62 bits per heavy atom. The van der Waals surface area contributed by atoms with E-state index in [0.717, 1.165) is 19.4 Å². The van der Waals surface area contributed by atoms with Gasteiger partial charge in [0.25, 0.3) is 0 Å². The summed E-state index contributed by atoms with van der Waals surface area (Å²) in [6.07, 6.45) is 10.7. The predicted molar refractivity (Wildman–Crippen MR) is 97.5 cm³/mol. The van der Waals surface area contributed by atoms with E-state index in [-0.39, 0.29) is 0 Å². The van der Waals surface area contributed by atoms with Gasteiger partial charge in [-0.25, -0.2) is 9.13 Å². The summed E-state index contributed by atoms with van der Waals surface area (Å²) in [5.74, 6) is 0. The van der Waals surface area contributed by atoms with E-state index in [1.165, 1.54) is 27.8 Å². The summed E-state index contributed by atoms with van der Waals surface area (Å²) in [5, 5.41) is 0. The fourth-order valence-electron chi connectivity index (χ4n) is 3.00. The number of nitrogens with zero attached hydrogens (tertiary/aromatic N) is 2. The van der Waals surface area contributed by atoms with Gasteiger partial charge in [-0.3, -0.25) is 0 Å². The predicted octanol–water partition coefficient (Wildman–Crippen LogP) is 3.64. The van der Waals surface area contributed by atoms with Crippen molar-refractivity contribution in [3.63, 3.8) is 0 Å². The van der Waals surface area contributed by atoms with Gasteiger partial charge in [0, 0.05) is 29.8 Å². The lowest BCUT2D eigenvalue weighted by atomic mass is 10.0. The third-order valence-corrected chi connectivity index (χ3v) is 4.50. The zero-order valence-corrected chi connectivity index (χ0v) is 14.9. The summed E-state index contributed by atoms with van der Waals surface area (Å²) in [6.45, 7) is 5.37. The number of rotatable bonds is 5. The molecule has 1 aromatic carbocycles. The first-order valence-electron chi connectivity index (χ1n) is 8.74. The molecule has 0 aliphatic carbocycles. The Balaban J connectivity index is 1.80. The maximum absolute atomic E-state index is 2.33. The smallest absolute Gasteiger partial charge is 0.173 e. The molecule has 0 saturated carbocycles. The van der Waals surface area contributed by atoms with Crippen molar-refractivity contribution in [3.05, 3.63) is 83.9 Å². The summed E-state index contributed by atoms with van der Waals surface area (Å²) in [4.78, 5) is 0. The zero-order chi connectivity index (χ0) is 16.9. The maximum atomic E-state index is 2.33. The Morgan fingerprint density at radius 2 is 1.12 bits per heavy atom. The first-order valence-corrected chi connectivity index (χ1v) is 8.74. The van der Waals surface area contributed by atoms with Crippen LogP contribution in [-0.4, -0.2) is 0 Å². The van der Waals surface area contributed by atoms with E-state index in [1.807, 2.05) is 7.05 Å². The van der Waals surface area contributed by atoms with Gasteiger partial charge in [-0.15, -0.1) is 0 Å². The number of aryl methyl sites for hydroxylation is 3. The minimum Gasteiger partial charge on any atom is -0.208 e. The molecule has 3 rings (SSSR count). The molecule has 2 nitrogen and oxygen atoms in total. The lowest BCUT2D eigenvalue weighted by Gasteiger charge is -2.06. The molecule has 0 radical (unpaired) electrons. The van der Waals surface area contributed by atoms with Crippen molar-refractivity contribution in [1.29, 1.82) is 0 Å². The van der Waals surface area contributed by atoms with Gasteiger partial charge in [0.1, 0.15) is 7.05 Å². The largest absolute Gasteiger partial charge is 0.208 e. The van der Waals surface area contributed by atoms with Crippen LogP contribution < -0.4 is 9.13 Å². The van der Waals surface area contributed by atoms with Gasteiger partial charge in [-0.1, -0.05) is 19.9 Å². The molecular formula is C22H26N2+2. The maximum Gasteiger partial charge on any atom is 0.173 e. The molecule has 3 aromatic rings. The lowest BCUT2D eigenvalue weighted by Crippen LogP contribution is -2.33. The first-order chi connectivity index (χ1) is 11.7. The van der Waals surface area contributed by atoms with Gasteiger partial charge in [0.2, 0.25) is 0 Å². The van der Waals surface area contributed by atoms with E-state index in [4.69, 9.17) is 0 Å². The van der Waals surface area contributed by atoms with Gasteiger partial charge < -0.3 is 0 Å². The Hall–Kier alpha value is -2.48. The highest BCUT2D eigenvalue weighted by molar-refractivity contribution is 5.60. The number of hydrogen-bond acceptors (Lipinski definition) is 0. The van der Waals surface area contributed by atoms with Crippen molar-refractivity contribution in [2.45, 2.75) is 33.2 Å². The fourth-order valence-corrected chi connectivity index (χ4v) is 3.00. The molecule has 2 heterocycles. The minimum atomic E-state index is 0.921. The van der Waals surface area contributed by atoms with Crippen LogP contribution in [0.2, 0.25) is 0 Å². The monoisotopic (exact) mass is 318 g/mol. The van der Waals surface area contributed by atoms with Gasteiger partial charge >= 0.3 is 0 Å². The van der Waals surface area contributed by atoms with Crippen LogP contribution in [0.5, 0.6) is 0 Å². The molecular weight excluding hydrogens is 292 g/mol. The van der Waals surface area contributed by atoms with Crippen LogP contribution in [0.25, 0.3) is 11.1 Å². The minimum absolute atomic E-state index is 0.921. The Morgan fingerprint density at radius 1 is 0.667 bits per heavy atom. The quantitative estimate of drug-likeness (QED) is 0.635. The Bertz CT molecular complexity index is 780. The van der Waals surface area contributed by atoms with Crippen LogP contribution in [-0.2, 0) is 26.4 Å². The number of hydrogen-bond donors (Lipinski definition) is 0. The van der Waals surface area contributed by atoms with Crippen molar-refractivity contribution >= 4 is 0 Å². The van der Waals surface area contributed by atoms with Crippen molar-refractivity contribution < 1.29 is 9.13 Å². The van der Waals surface area contributed by atoms with Gasteiger partial charge in [-0.2, -0.15) is 0 Å². The van der Waals surface area contributed by atoms with Gasteiger partial charge in [-0.05, 0) is 47.2 Å². The average Bonchev–Trinajstić information content (AvgIpc) is 2.62.